The normalized spacial score (nSPS) is 15.2. The SMILES string of the molecule is CCNC(=NCc1ccnc(N2CCCC2)c1)NCCC(C)c1ccc(OC)cc1. The summed E-state index contributed by atoms with van der Waals surface area (Å²) in [5.41, 5.74) is 2.52. The van der Waals surface area contributed by atoms with Crippen LogP contribution in [0, 0.1) is 0 Å². The number of rotatable bonds is 9. The monoisotopic (exact) mass is 409 g/mol. The molecule has 30 heavy (non-hydrogen) atoms. The van der Waals surface area contributed by atoms with E-state index >= 15 is 0 Å². The van der Waals surface area contributed by atoms with E-state index in [1.165, 1.54) is 24.0 Å². The van der Waals surface area contributed by atoms with E-state index in [9.17, 15) is 0 Å². The predicted octanol–water partition coefficient (Wildman–Crippen LogP) is 3.94. The molecular formula is C24H35N5O. The van der Waals surface area contributed by atoms with Gasteiger partial charge in [0.1, 0.15) is 11.6 Å². The van der Waals surface area contributed by atoms with Crippen LogP contribution in [0.5, 0.6) is 5.75 Å². The maximum Gasteiger partial charge on any atom is 0.191 e. The molecule has 6 heteroatoms. The average Bonchev–Trinajstić information content (AvgIpc) is 3.33. The molecule has 3 rings (SSSR count). The van der Waals surface area contributed by atoms with Crippen LogP contribution in [-0.4, -0.2) is 44.2 Å². The minimum Gasteiger partial charge on any atom is -0.497 e. The quantitative estimate of drug-likeness (QED) is 0.485. The number of guanidine groups is 1. The number of nitrogens with one attached hydrogen (secondary N) is 2. The molecule has 1 aliphatic rings. The number of anilines is 1. The van der Waals surface area contributed by atoms with Gasteiger partial charge in [0.15, 0.2) is 5.96 Å². The number of hydrogen-bond acceptors (Lipinski definition) is 4. The minimum absolute atomic E-state index is 0.467. The molecule has 2 heterocycles. The first kappa shape index (κ1) is 21.9. The van der Waals surface area contributed by atoms with Gasteiger partial charge in [-0.2, -0.15) is 0 Å². The summed E-state index contributed by atoms with van der Waals surface area (Å²) in [6.07, 6.45) is 5.45. The summed E-state index contributed by atoms with van der Waals surface area (Å²) >= 11 is 0. The molecule has 6 nitrogen and oxygen atoms in total. The molecule has 0 radical (unpaired) electrons. The summed E-state index contributed by atoms with van der Waals surface area (Å²) in [7, 11) is 1.70. The largest absolute Gasteiger partial charge is 0.497 e. The Morgan fingerprint density at radius 3 is 2.63 bits per heavy atom. The van der Waals surface area contributed by atoms with Crippen molar-refractivity contribution in [3.8, 4) is 5.75 Å². The van der Waals surface area contributed by atoms with Crippen LogP contribution in [0.25, 0.3) is 0 Å². The molecule has 1 aromatic carbocycles. The van der Waals surface area contributed by atoms with Gasteiger partial charge in [-0.3, -0.25) is 0 Å². The second-order valence-corrected chi connectivity index (χ2v) is 7.80. The molecule has 0 aliphatic carbocycles. The van der Waals surface area contributed by atoms with Crippen molar-refractivity contribution in [2.24, 2.45) is 4.99 Å². The summed E-state index contributed by atoms with van der Waals surface area (Å²) in [5.74, 6) is 3.30. The van der Waals surface area contributed by atoms with Gasteiger partial charge < -0.3 is 20.3 Å². The molecule has 0 spiro atoms. The number of aliphatic imine (C=N–C) groups is 1. The number of aromatic nitrogens is 1. The van der Waals surface area contributed by atoms with Crippen LogP contribution in [0.2, 0.25) is 0 Å². The van der Waals surface area contributed by atoms with Crippen molar-refractivity contribution >= 4 is 11.8 Å². The Morgan fingerprint density at radius 1 is 1.17 bits per heavy atom. The molecule has 0 saturated carbocycles. The Balaban J connectivity index is 1.52. The zero-order valence-electron chi connectivity index (χ0n) is 18.5. The van der Waals surface area contributed by atoms with Crippen molar-refractivity contribution in [3.05, 3.63) is 53.7 Å². The Bertz CT molecular complexity index is 799. The van der Waals surface area contributed by atoms with Crippen LogP contribution in [0.3, 0.4) is 0 Å². The molecule has 0 bridgehead atoms. The number of ether oxygens (including phenoxy) is 1. The van der Waals surface area contributed by atoms with Crippen molar-refractivity contribution in [2.45, 2.75) is 45.6 Å². The maximum atomic E-state index is 5.25. The first-order valence-electron chi connectivity index (χ1n) is 11.1. The van der Waals surface area contributed by atoms with Gasteiger partial charge in [-0.15, -0.1) is 0 Å². The average molecular weight is 410 g/mol. The van der Waals surface area contributed by atoms with Gasteiger partial charge in [0.2, 0.25) is 0 Å². The van der Waals surface area contributed by atoms with E-state index in [4.69, 9.17) is 9.73 Å². The number of hydrogen-bond donors (Lipinski definition) is 2. The van der Waals surface area contributed by atoms with Gasteiger partial charge in [0.05, 0.1) is 13.7 Å². The third-order valence-corrected chi connectivity index (χ3v) is 5.56. The van der Waals surface area contributed by atoms with Crippen molar-refractivity contribution in [1.29, 1.82) is 0 Å². The Labute approximate surface area is 180 Å². The lowest BCUT2D eigenvalue weighted by atomic mass is 9.98. The molecular weight excluding hydrogens is 374 g/mol. The van der Waals surface area contributed by atoms with Gasteiger partial charge in [0, 0.05) is 32.4 Å². The molecule has 1 fully saturated rings. The minimum atomic E-state index is 0.467. The third-order valence-electron chi connectivity index (χ3n) is 5.56. The van der Waals surface area contributed by atoms with E-state index < -0.39 is 0 Å². The van der Waals surface area contributed by atoms with Gasteiger partial charge in [-0.05, 0) is 67.5 Å². The lowest BCUT2D eigenvalue weighted by Gasteiger charge is -2.17. The molecule has 2 aromatic rings. The molecule has 1 unspecified atom stereocenters. The fourth-order valence-corrected chi connectivity index (χ4v) is 3.70. The fraction of sp³-hybridized carbons (Fsp3) is 0.500. The number of methoxy groups -OCH3 is 1. The molecule has 162 valence electrons. The Hall–Kier alpha value is -2.76. The summed E-state index contributed by atoms with van der Waals surface area (Å²) in [4.78, 5) is 11.7. The van der Waals surface area contributed by atoms with E-state index in [2.05, 4.69) is 58.6 Å². The molecule has 1 saturated heterocycles. The lowest BCUT2D eigenvalue weighted by Crippen LogP contribution is -2.38. The highest BCUT2D eigenvalue weighted by molar-refractivity contribution is 5.79. The summed E-state index contributed by atoms with van der Waals surface area (Å²) < 4.78 is 5.25. The smallest absolute Gasteiger partial charge is 0.191 e. The van der Waals surface area contributed by atoms with E-state index in [0.29, 0.717) is 12.5 Å². The topological polar surface area (TPSA) is 61.8 Å². The highest BCUT2D eigenvalue weighted by Crippen LogP contribution is 2.21. The van der Waals surface area contributed by atoms with Crippen molar-refractivity contribution in [1.82, 2.24) is 15.6 Å². The van der Waals surface area contributed by atoms with Crippen LogP contribution in [0.4, 0.5) is 5.82 Å². The third kappa shape index (κ3) is 6.37. The molecule has 2 N–H and O–H groups in total. The second-order valence-electron chi connectivity index (χ2n) is 7.80. The van der Waals surface area contributed by atoms with Crippen molar-refractivity contribution in [3.63, 3.8) is 0 Å². The lowest BCUT2D eigenvalue weighted by molar-refractivity contribution is 0.414. The zero-order chi connectivity index (χ0) is 21.2. The Kier molecular flexibility index (Phi) is 8.36. The standard InChI is InChI=1S/C24H35N5O/c1-4-25-24(27-13-11-19(2)21-7-9-22(30-3)10-8-21)28-18-20-12-14-26-23(17-20)29-15-5-6-16-29/h7-10,12,14,17,19H,4-6,11,13,15-16,18H2,1-3H3,(H2,25,27,28). The predicted molar refractivity (Wildman–Crippen MR) is 125 cm³/mol. The van der Waals surface area contributed by atoms with Crippen molar-refractivity contribution < 1.29 is 4.74 Å². The summed E-state index contributed by atoms with van der Waals surface area (Å²) in [6.45, 7) is 8.92. The van der Waals surface area contributed by atoms with Crippen LogP contribution in [-0.2, 0) is 6.54 Å². The van der Waals surface area contributed by atoms with Crippen LogP contribution in [0.15, 0.2) is 47.6 Å². The Morgan fingerprint density at radius 2 is 1.93 bits per heavy atom. The first-order chi connectivity index (χ1) is 14.7. The van der Waals surface area contributed by atoms with E-state index in [1.54, 1.807) is 7.11 Å². The summed E-state index contributed by atoms with van der Waals surface area (Å²) in [5, 5.41) is 6.82. The molecule has 1 aliphatic heterocycles. The van der Waals surface area contributed by atoms with Crippen molar-refractivity contribution in [2.75, 3.05) is 38.2 Å². The number of nitrogens with zero attached hydrogens (tertiary/aromatic N) is 3. The van der Waals surface area contributed by atoms with Gasteiger partial charge >= 0.3 is 0 Å². The molecule has 1 aromatic heterocycles. The number of benzene rings is 1. The second kappa shape index (κ2) is 11.4. The van der Waals surface area contributed by atoms with Gasteiger partial charge in [-0.1, -0.05) is 19.1 Å². The summed E-state index contributed by atoms with van der Waals surface area (Å²) in [6, 6.07) is 12.6. The number of pyridine rings is 1. The highest BCUT2D eigenvalue weighted by Gasteiger charge is 2.13. The van der Waals surface area contributed by atoms with Gasteiger partial charge in [-0.25, -0.2) is 9.98 Å². The van der Waals surface area contributed by atoms with E-state index in [-0.39, 0.29) is 0 Å². The maximum absolute atomic E-state index is 5.25. The van der Waals surface area contributed by atoms with Crippen LogP contribution >= 0.6 is 0 Å². The zero-order valence-corrected chi connectivity index (χ0v) is 18.5. The van der Waals surface area contributed by atoms with Crippen LogP contribution < -0.4 is 20.3 Å². The molecule has 1 atom stereocenters. The van der Waals surface area contributed by atoms with E-state index in [0.717, 1.165) is 50.1 Å². The van der Waals surface area contributed by atoms with E-state index in [1.807, 2.05) is 18.3 Å². The van der Waals surface area contributed by atoms with Gasteiger partial charge in [0.25, 0.3) is 0 Å². The highest BCUT2D eigenvalue weighted by atomic mass is 16.5. The fourth-order valence-electron chi connectivity index (χ4n) is 3.70. The first-order valence-corrected chi connectivity index (χ1v) is 11.1. The van der Waals surface area contributed by atoms with Crippen LogP contribution in [0.1, 0.15) is 50.2 Å². The molecule has 0 amide bonds.